The quantitative estimate of drug-likeness (QED) is 0.790. The van der Waals surface area contributed by atoms with Gasteiger partial charge in [0.1, 0.15) is 0 Å². The highest BCUT2D eigenvalue weighted by molar-refractivity contribution is 5.91. The summed E-state index contributed by atoms with van der Waals surface area (Å²) in [6, 6.07) is 6.05. The summed E-state index contributed by atoms with van der Waals surface area (Å²) in [5, 5.41) is 2.90. The largest absolute Gasteiger partial charge is 0.377 e. The molecule has 1 aromatic rings. The van der Waals surface area contributed by atoms with Crippen LogP contribution in [0.4, 0.5) is 11.4 Å². The number of amides is 2. The Balaban J connectivity index is 3.18. The van der Waals surface area contributed by atoms with Crippen LogP contribution in [-0.4, -0.2) is 36.9 Å². The van der Waals surface area contributed by atoms with Crippen LogP contribution in [0, 0.1) is 0 Å². The average molecular weight is 333 g/mol. The third-order valence-corrected chi connectivity index (χ3v) is 4.25. The lowest BCUT2D eigenvalue weighted by Crippen LogP contribution is -2.37. The van der Waals surface area contributed by atoms with Crippen LogP contribution in [0.15, 0.2) is 18.2 Å². The molecule has 0 aliphatic heterocycles. The summed E-state index contributed by atoms with van der Waals surface area (Å²) in [5.74, 6) is 0.138. The monoisotopic (exact) mass is 333 g/mol. The van der Waals surface area contributed by atoms with Crippen molar-refractivity contribution in [2.45, 2.75) is 59.5 Å². The molecule has 0 bridgehead atoms. The van der Waals surface area contributed by atoms with E-state index in [9.17, 15) is 9.59 Å². The van der Waals surface area contributed by atoms with Gasteiger partial charge in [-0.15, -0.1) is 0 Å². The van der Waals surface area contributed by atoms with Crippen LogP contribution in [0.2, 0.25) is 0 Å². The molecule has 1 N–H and O–H groups in total. The molecule has 1 atom stereocenters. The summed E-state index contributed by atoms with van der Waals surface area (Å²) >= 11 is 0. The number of hydrogen-bond donors (Lipinski definition) is 1. The number of benzene rings is 1. The number of nitrogens with one attached hydrogen (secondary N) is 1. The number of carbonyl (C=O) groups excluding carboxylic acids is 2. The van der Waals surface area contributed by atoms with Crippen molar-refractivity contribution in [1.29, 1.82) is 0 Å². The Hall–Kier alpha value is -2.04. The molecule has 0 aliphatic carbocycles. The van der Waals surface area contributed by atoms with E-state index in [1.54, 1.807) is 0 Å². The van der Waals surface area contributed by atoms with E-state index in [4.69, 9.17) is 0 Å². The van der Waals surface area contributed by atoms with E-state index in [1.165, 1.54) is 0 Å². The molecule has 0 aromatic heterocycles. The molecule has 1 unspecified atom stereocenters. The van der Waals surface area contributed by atoms with Crippen molar-refractivity contribution in [3.63, 3.8) is 0 Å². The zero-order chi connectivity index (χ0) is 18.3. The van der Waals surface area contributed by atoms with Gasteiger partial charge in [-0.25, -0.2) is 0 Å². The average Bonchev–Trinajstić information content (AvgIpc) is 2.57. The summed E-state index contributed by atoms with van der Waals surface area (Å²) < 4.78 is 0. The highest BCUT2D eigenvalue weighted by atomic mass is 16.2. The maximum atomic E-state index is 12.3. The zero-order valence-corrected chi connectivity index (χ0v) is 15.8. The first-order chi connectivity index (χ1) is 11.3. The maximum Gasteiger partial charge on any atom is 0.224 e. The standard InChI is InChI=1S/C19H31N3O2/c1-7-14(4)22(19(24)9-3)13-15-12-16(20-18(23)8-2)10-11-17(15)21(5)6/h10-12,14H,7-9,13H2,1-6H3,(H,20,23). The number of rotatable bonds is 8. The second-order valence-electron chi connectivity index (χ2n) is 6.27. The minimum Gasteiger partial charge on any atom is -0.377 e. The van der Waals surface area contributed by atoms with Gasteiger partial charge in [0, 0.05) is 50.9 Å². The van der Waals surface area contributed by atoms with Gasteiger partial charge in [0.25, 0.3) is 0 Å². The first kappa shape index (κ1) is 20.0. The first-order valence-electron chi connectivity index (χ1n) is 8.73. The smallest absolute Gasteiger partial charge is 0.224 e. The van der Waals surface area contributed by atoms with Gasteiger partial charge in [-0.3, -0.25) is 9.59 Å². The molecule has 0 fully saturated rings. The van der Waals surface area contributed by atoms with Crippen LogP contribution in [-0.2, 0) is 16.1 Å². The summed E-state index contributed by atoms with van der Waals surface area (Å²) in [6.45, 7) is 8.43. The molecule has 134 valence electrons. The van der Waals surface area contributed by atoms with E-state index in [-0.39, 0.29) is 17.9 Å². The second kappa shape index (κ2) is 9.30. The Morgan fingerprint density at radius 1 is 1.12 bits per heavy atom. The number of anilines is 2. The van der Waals surface area contributed by atoms with Crippen LogP contribution in [0.5, 0.6) is 0 Å². The highest BCUT2D eigenvalue weighted by Crippen LogP contribution is 2.26. The number of nitrogens with zero attached hydrogens (tertiary/aromatic N) is 2. The van der Waals surface area contributed by atoms with Gasteiger partial charge in [-0.05, 0) is 37.1 Å². The fourth-order valence-corrected chi connectivity index (χ4v) is 2.57. The van der Waals surface area contributed by atoms with Gasteiger partial charge in [0.2, 0.25) is 11.8 Å². The molecule has 0 aliphatic rings. The molecule has 1 aromatic carbocycles. The van der Waals surface area contributed by atoms with Crippen molar-refractivity contribution in [3.8, 4) is 0 Å². The fraction of sp³-hybridized carbons (Fsp3) is 0.579. The van der Waals surface area contributed by atoms with Crippen molar-refractivity contribution in [2.75, 3.05) is 24.3 Å². The Bertz CT molecular complexity index is 570. The molecular formula is C19H31N3O2. The maximum absolute atomic E-state index is 12.3. The SMILES string of the molecule is CCC(=O)Nc1ccc(N(C)C)c(CN(C(=O)CC)C(C)CC)c1. The zero-order valence-electron chi connectivity index (χ0n) is 15.8. The minimum atomic E-state index is -0.0121. The van der Waals surface area contributed by atoms with Gasteiger partial charge >= 0.3 is 0 Å². The Kier molecular flexibility index (Phi) is 7.75. The van der Waals surface area contributed by atoms with Gasteiger partial charge in [-0.1, -0.05) is 20.8 Å². The van der Waals surface area contributed by atoms with Gasteiger partial charge < -0.3 is 15.1 Å². The van der Waals surface area contributed by atoms with Crippen molar-refractivity contribution in [3.05, 3.63) is 23.8 Å². The number of hydrogen-bond acceptors (Lipinski definition) is 3. The van der Waals surface area contributed by atoms with Crippen molar-refractivity contribution < 1.29 is 9.59 Å². The van der Waals surface area contributed by atoms with E-state index in [0.29, 0.717) is 19.4 Å². The van der Waals surface area contributed by atoms with E-state index < -0.39 is 0 Å². The molecule has 24 heavy (non-hydrogen) atoms. The lowest BCUT2D eigenvalue weighted by Gasteiger charge is -2.30. The molecule has 5 nitrogen and oxygen atoms in total. The van der Waals surface area contributed by atoms with Gasteiger partial charge in [-0.2, -0.15) is 0 Å². The second-order valence-corrected chi connectivity index (χ2v) is 6.27. The third kappa shape index (κ3) is 5.25. The normalized spacial score (nSPS) is 11.8. The van der Waals surface area contributed by atoms with Crippen molar-refractivity contribution >= 4 is 23.2 Å². The lowest BCUT2D eigenvalue weighted by molar-refractivity contribution is -0.133. The Morgan fingerprint density at radius 3 is 2.29 bits per heavy atom. The summed E-state index contributed by atoms with van der Waals surface area (Å²) in [6.07, 6.45) is 1.85. The van der Waals surface area contributed by atoms with Crippen LogP contribution < -0.4 is 10.2 Å². The molecule has 0 radical (unpaired) electrons. The molecule has 0 heterocycles. The molecule has 0 saturated carbocycles. The molecule has 0 saturated heterocycles. The van der Waals surface area contributed by atoms with E-state index >= 15 is 0 Å². The molecule has 5 heteroatoms. The minimum absolute atomic E-state index is 0.0121. The fourth-order valence-electron chi connectivity index (χ4n) is 2.57. The van der Waals surface area contributed by atoms with Gasteiger partial charge in [0.05, 0.1) is 0 Å². The topological polar surface area (TPSA) is 52.7 Å². The molecule has 2 amide bonds. The van der Waals surface area contributed by atoms with Crippen molar-refractivity contribution in [1.82, 2.24) is 4.90 Å². The summed E-state index contributed by atoms with van der Waals surface area (Å²) in [4.78, 5) is 28.0. The predicted octanol–water partition coefficient (Wildman–Crippen LogP) is 3.64. The number of carbonyl (C=O) groups is 2. The van der Waals surface area contributed by atoms with Crippen LogP contribution in [0.1, 0.15) is 52.5 Å². The van der Waals surface area contributed by atoms with Gasteiger partial charge in [0.15, 0.2) is 0 Å². The lowest BCUT2D eigenvalue weighted by atomic mass is 10.1. The van der Waals surface area contributed by atoms with Crippen molar-refractivity contribution in [2.24, 2.45) is 0 Å². The summed E-state index contributed by atoms with van der Waals surface area (Å²) in [7, 11) is 3.97. The van der Waals surface area contributed by atoms with E-state index in [2.05, 4.69) is 19.2 Å². The first-order valence-corrected chi connectivity index (χ1v) is 8.73. The molecule has 0 spiro atoms. The third-order valence-electron chi connectivity index (χ3n) is 4.25. The van der Waals surface area contributed by atoms with Crippen LogP contribution >= 0.6 is 0 Å². The van der Waals surface area contributed by atoms with Crippen LogP contribution in [0.25, 0.3) is 0 Å². The summed E-state index contributed by atoms with van der Waals surface area (Å²) in [5.41, 5.74) is 2.87. The Labute approximate surface area is 146 Å². The van der Waals surface area contributed by atoms with Crippen LogP contribution in [0.3, 0.4) is 0 Å². The highest BCUT2D eigenvalue weighted by Gasteiger charge is 2.20. The van der Waals surface area contributed by atoms with E-state index in [0.717, 1.165) is 23.4 Å². The Morgan fingerprint density at radius 2 is 1.79 bits per heavy atom. The predicted molar refractivity (Wildman–Crippen MR) is 100 cm³/mol. The molecule has 1 rings (SSSR count). The molecular weight excluding hydrogens is 302 g/mol. The van der Waals surface area contributed by atoms with E-state index in [1.807, 2.05) is 55.9 Å².